The van der Waals surface area contributed by atoms with E-state index in [1.807, 2.05) is 0 Å². The number of nitrogens with one attached hydrogen (secondary N) is 2. The minimum Gasteiger partial charge on any atom is -0.480 e. The Labute approximate surface area is 114 Å². The molecule has 1 aromatic rings. The number of halogens is 1. The smallest absolute Gasteiger partial charge is 0.317 e. The fourth-order valence-electron chi connectivity index (χ4n) is 2.34. The summed E-state index contributed by atoms with van der Waals surface area (Å²) in [5.41, 5.74) is 0.777. The Kier molecular flexibility index (Phi) is 3.17. The van der Waals surface area contributed by atoms with Crippen molar-refractivity contribution in [2.75, 3.05) is 13.3 Å². The van der Waals surface area contributed by atoms with Crippen LogP contribution in [0, 0.1) is 5.82 Å². The summed E-state index contributed by atoms with van der Waals surface area (Å²) >= 11 is 0. The van der Waals surface area contributed by atoms with Crippen LogP contribution in [0.4, 0.5) is 9.18 Å². The molecule has 1 aromatic carbocycles. The van der Waals surface area contributed by atoms with Crippen LogP contribution in [0.1, 0.15) is 12.0 Å². The minimum atomic E-state index is -0.593. The van der Waals surface area contributed by atoms with E-state index in [0.717, 1.165) is 5.56 Å². The summed E-state index contributed by atoms with van der Waals surface area (Å²) in [4.78, 5) is 24.7. The Balaban J connectivity index is 1.69. The van der Waals surface area contributed by atoms with E-state index in [1.165, 1.54) is 17.0 Å². The first kappa shape index (κ1) is 12.7. The minimum absolute atomic E-state index is 0.167. The van der Waals surface area contributed by atoms with E-state index < -0.39 is 6.10 Å². The summed E-state index contributed by atoms with van der Waals surface area (Å²) in [6.07, 6.45) is 0.501. The van der Waals surface area contributed by atoms with Crippen molar-refractivity contribution in [2.45, 2.75) is 18.9 Å². The summed E-state index contributed by atoms with van der Waals surface area (Å²) < 4.78 is 18.7. The molecule has 2 aliphatic heterocycles. The summed E-state index contributed by atoms with van der Waals surface area (Å²) in [5.74, 6) is 0.0533. The fourth-order valence-corrected chi connectivity index (χ4v) is 2.34. The lowest BCUT2D eigenvalue weighted by Gasteiger charge is -2.33. The quantitative estimate of drug-likeness (QED) is 0.790. The number of hydrogen-bond acceptors (Lipinski definition) is 3. The number of nitrogens with zero attached hydrogens (tertiary/aromatic N) is 1. The first-order valence-corrected chi connectivity index (χ1v) is 6.39. The Bertz CT molecular complexity index is 554. The molecule has 0 aliphatic carbocycles. The molecular weight excluding hydrogens is 265 g/mol. The van der Waals surface area contributed by atoms with Gasteiger partial charge < -0.3 is 20.3 Å². The van der Waals surface area contributed by atoms with Gasteiger partial charge in [0.15, 0.2) is 6.10 Å². The van der Waals surface area contributed by atoms with Gasteiger partial charge in [-0.15, -0.1) is 0 Å². The van der Waals surface area contributed by atoms with Crippen LogP contribution < -0.4 is 15.4 Å². The van der Waals surface area contributed by atoms with Crippen molar-refractivity contribution < 1.29 is 18.7 Å². The van der Waals surface area contributed by atoms with Gasteiger partial charge in [0.25, 0.3) is 5.91 Å². The molecule has 6 nitrogen and oxygen atoms in total. The lowest BCUT2D eigenvalue weighted by molar-refractivity contribution is -0.140. The number of urea groups is 1. The van der Waals surface area contributed by atoms with Crippen molar-refractivity contribution in [3.63, 3.8) is 0 Å². The van der Waals surface area contributed by atoms with Crippen molar-refractivity contribution >= 4 is 11.9 Å². The van der Waals surface area contributed by atoms with E-state index >= 15 is 0 Å². The van der Waals surface area contributed by atoms with Crippen molar-refractivity contribution in [1.29, 1.82) is 0 Å². The lowest BCUT2D eigenvalue weighted by atomic mass is 10.0. The zero-order chi connectivity index (χ0) is 14.1. The number of carbonyl (C=O) groups excluding carboxylic acids is 2. The van der Waals surface area contributed by atoms with Crippen LogP contribution in [0.5, 0.6) is 5.75 Å². The molecule has 1 atom stereocenters. The molecule has 7 heteroatoms. The number of carbonyl (C=O) groups is 2. The number of amides is 3. The largest absolute Gasteiger partial charge is 0.480 e. The summed E-state index contributed by atoms with van der Waals surface area (Å²) in [5, 5.41) is 5.06. The van der Waals surface area contributed by atoms with E-state index in [0.29, 0.717) is 18.6 Å². The van der Waals surface area contributed by atoms with Crippen LogP contribution in [0.3, 0.4) is 0 Å². The van der Waals surface area contributed by atoms with Crippen molar-refractivity contribution in [3.8, 4) is 5.75 Å². The predicted octanol–water partition coefficient (Wildman–Crippen LogP) is 0.576. The van der Waals surface area contributed by atoms with Crippen LogP contribution in [0.25, 0.3) is 0 Å². The van der Waals surface area contributed by atoms with Crippen LogP contribution in [-0.2, 0) is 11.2 Å². The van der Waals surface area contributed by atoms with Crippen LogP contribution >= 0.6 is 0 Å². The Morgan fingerprint density at radius 2 is 2.10 bits per heavy atom. The standard InChI is InChI=1S/C13H14FN3O3/c14-9-2-4-10-8(5-9)1-3-11(20-10)12(18)17-6-15-13(19)16-7-17/h2,4-5,11H,1,3,6-7H2,(H2,15,16,19). The number of hydrogen-bond donors (Lipinski definition) is 2. The van der Waals surface area contributed by atoms with Gasteiger partial charge in [-0.25, -0.2) is 9.18 Å². The molecule has 0 aromatic heterocycles. The van der Waals surface area contributed by atoms with Gasteiger partial charge in [-0.1, -0.05) is 0 Å². The molecule has 1 saturated heterocycles. The van der Waals surface area contributed by atoms with Gasteiger partial charge >= 0.3 is 6.03 Å². The molecule has 0 saturated carbocycles. The van der Waals surface area contributed by atoms with E-state index in [-0.39, 0.29) is 31.1 Å². The third kappa shape index (κ3) is 2.38. The average Bonchev–Trinajstić information content (AvgIpc) is 2.47. The molecule has 20 heavy (non-hydrogen) atoms. The summed E-state index contributed by atoms with van der Waals surface area (Å²) in [6.45, 7) is 0.335. The van der Waals surface area contributed by atoms with Gasteiger partial charge in [0.05, 0.1) is 13.3 Å². The van der Waals surface area contributed by atoms with Gasteiger partial charge in [-0.05, 0) is 36.6 Å². The zero-order valence-corrected chi connectivity index (χ0v) is 10.7. The van der Waals surface area contributed by atoms with Gasteiger partial charge in [0, 0.05) is 0 Å². The first-order chi connectivity index (χ1) is 9.63. The maximum Gasteiger partial charge on any atom is 0.317 e. The fraction of sp³-hybridized carbons (Fsp3) is 0.385. The van der Waals surface area contributed by atoms with Crippen molar-refractivity contribution in [2.24, 2.45) is 0 Å². The Hall–Kier alpha value is -2.31. The van der Waals surface area contributed by atoms with Crippen LogP contribution in [-0.4, -0.2) is 36.3 Å². The highest BCUT2D eigenvalue weighted by Gasteiger charge is 2.31. The van der Waals surface area contributed by atoms with E-state index in [9.17, 15) is 14.0 Å². The topological polar surface area (TPSA) is 70.7 Å². The van der Waals surface area contributed by atoms with Crippen LogP contribution in [0.15, 0.2) is 18.2 Å². The molecule has 1 unspecified atom stereocenters. The molecule has 0 spiro atoms. The van der Waals surface area contributed by atoms with Crippen LogP contribution in [0.2, 0.25) is 0 Å². The highest BCUT2D eigenvalue weighted by Crippen LogP contribution is 2.28. The number of aryl methyl sites for hydroxylation is 1. The van der Waals surface area contributed by atoms with Gasteiger partial charge in [0.1, 0.15) is 11.6 Å². The van der Waals surface area contributed by atoms with E-state index in [4.69, 9.17) is 4.74 Å². The highest BCUT2D eigenvalue weighted by atomic mass is 19.1. The van der Waals surface area contributed by atoms with Gasteiger partial charge in [-0.2, -0.15) is 0 Å². The SMILES string of the molecule is O=C1NCN(C(=O)C2CCc3cc(F)ccc3O2)CN1. The molecule has 106 valence electrons. The molecule has 3 amide bonds. The normalized spacial score (nSPS) is 21.4. The van der Waals surface area contributed by atoms with Gasteiger partial charge in [-0.3, -0.25) is 4.79 Å². The first-order valence-electron chi connectivity index (χ1n) is 6.39. The van der Waals surface area contributed by atoms with E-state index in [2.05, 4.69) is 10.6 Å². The third-order valence-corrected chi connectivity index (χ3v) is 3.42. The van der Waals surface area contributed by atoms with Crippen molar-refractivity contribution in [3.05, 3.63) is 29.6 Å². The monoisotopic (exact) mass is 279 g/mol. The molecule has 0 radical (unpaired) electrons. The van der Waals surface area contributed by atoms with Crippen molar-refractivity contribution in [1.82, 2.24) is 15.5 Å². The molecule has 2 heterocycles. The Morgan fingerprint density at radius 3 is 2.85 bits per heavy atom. The maximum absolute atomic E-state index is 13.1. The second-order valence-electron chi connectivity index (χ2n) is 4.77. The highest BCUT2D eigenvalue weighted by molar-refractivity contribution is 5.84. The molecule has 0 bridgehead atoms. The lowest BCUT2D eigenvalue weighted by Crippen LogP contribution is -2.58. The Morgan fingerprint density at radius 1 is 1.35 bits per heavy atom. The number of fused-ring (bicyclic) bond motifs is 1. The average molecular weight is 279 g/mol. The third-order valence-electron chi connectivity index (χ3n) is 3.42. The number of rotatable bonds is 1. The summed E-state index contributed by atoms with van der Waals surface area (Å²) in [7, 11) is 0. The molecule has 1 fully saturated rings. The molecule has 2 aliphatic rings. The molecule has 2 N–H and O–H groups in total. The van der Waals surface area contributed by atoms with Gasteiger partial charge in [0.2, 0.25) is 0 Å². The second kappa shape index (κ2) is 4.99. The maximum atomic E-state index is 13.1. The number of benzene rings is 1. The molecular formula is C13H14FN3O3. The summed E-state index contributed by atoms with van der Waals surface area (Å²) in [6, 6.07) is 3.99. The second-order valence-corrected chi connectivity index (χ2v) is 4.77. The predicted molar refractivity (Wildman–Crippen MR) is 67.4 cm³/mol. The molecule has 3 rings (SSSR count). The van der Waals surface area contributed by atoms with E-state index in [1.54, 1.807) is 6.07 Å². The zero-order valence-electron chi connectivity index (χ0n) is 10.7. The number of ether oxygens (including phenoxy) is 1.